The zero-order valence-electron chi connectivity index (χ0n) is 11.5. The fraction of sp³-hybridized carbons (Fsp3) is 0.429. The maximum absolute atomic E-state index is 12.0. The number of carboxylic acids is 1. The highest BCUT2D eigenvalue weighted by Gasteiger charge is 2.32. The van der Waals surface area contributed by atoms with Crippen LogP contribution in [0.1, 0.15) is 36.7 Å². The van der Waals surface area contributed by atoms with Gasteiger partial charge in [0.2, 0.25) is 0 Å². The summed E-state index contributed by atoms with van der Waals surface area (Å²) in [6.45, 7) is 6.90. The molecule has 0 fully saturated rings. The van der Waals surface area contributed by atoms with Crippen LogP contribution in [0, 0.1) is 12.3 Å². The highest BCUT2D eigenvalue weighted by Crippen LogP contribution is 2.21. The third kappa shape index (κ3) is 3.71. The number of carboxylic acid groups (broad SMARTS) is 1. The molecule has 104 valence electrons. The summed E-state index contributed by atoms with van der Waals surface area (Å²) in [4.78, 5) is 23.2. The van der Waals surface area contributed by atoms with E-state index in [4.69, 9.17) is 5.11 Å². The van der Waals surface area contributed by atoms with E-state index in [1.807, 2.05) is 0 Å². The van der Waals surface area contributed by atoms with Gasteiger partial charge < -0.3 is 15.5 Å². The molecule has 0 aromatic heterocycles. The van der Waals surface area contributed by atoms with Gasteiger partial charge in [-0.1, -0.05) is 20.8 Å². The van der Waals surface area contributed by atoms with Gasteiger partial charge in [-0.15, -0.1) is 0 Å². The summed E-state index contributed by atoms with van der Waals surface area (Å²) in [6, 6.07) is 3.41. The lowest BCUT2D eigenvalue weighted by Gasteiger charge is -2.27. The fourth-order valence-electron chi connectivity index (χ4n) is 1.66. The quantitative estimate of drug-likeness (QED) is 0.779. The molecule has 1 atom stereocenters. The van der Waals surface area contributed by atoms with Gasteiger partial charge in [-0.25, -0.2) is 4.79 Å². The summed E-state index contributed by atoms with van der Waals surface area (Å²) in [7, 11) is 0. The number of phenols is 1. The number of aryl methyl sites for hydroxylation is 1. The molecule has 0 saturated heterocycles. The Morgan fingerprint density at radius 1 is 1.26 bits per heavy atom. The number of amides is 1. The van der Waals surface area contributed by atoms with Crippen molar-refractivity contribution in [3.05, 3.63) is 29.3 Å². The highest BCUT2D eigenvalue weighted by atomic mass is 16.4. The Morgan fingerprint density at radius 2 is 1.84 bits per heavy atom. The van der Waals surface area contributed by atoms with Crippen LogP contribution in [0.4, 0.5) is 0 Å². The van der Waals surface area contributed by atoms with E-state index >= 15 is 0 Å². The minimum absolute atomic E-state index is 0.0992. The molecule has 1 aromatic rings. The molecule has 0 aliphatic carbocycles. The molecule has 1 aromatic carbocycles. The van der Waals surface area contributed by atoms with Crippen molar-refractivity contribution in [2.45, 2.75) is 33.7 Å². The van der Waals surface area contributed by atoms with E-state index in [9.17, 15) is 14.7 Å². The van der Waals surface area contributed by atoms with Gasteiger partial charge in [-0.3, -0.25) is 4.79 Å². The van der Waals surface area contributed by atoms with Crippen LogP contribution >= 0.6 is 0 Å². The molecule has 0 radical (unpaired) electrons. The number of aromatic hydroxyl groups is 1. The van der Waals surface area contributed by atoms with Crippen molar-refractivity contribution in [2.24, 2.45) is 5.41 Å². The highest BCUT2D eigenvalue weighted by molar-refractivity contribution is 5.97. The van der Waals surface area contributed by atoms with Gasteiger partial charge in [0, 0.05) is 5.56 Å². The van der Waals surface area contributed by atoms with Crippen LogP contribution in [-0.2, 0) is 4.79 Å². The Kier molecular flexibility index (Phi) is 4.19. The first-order valence-corrected chi connectivity index (χ1v) is 5.96. The topological polar surface area (TPSA) is 86.6 Å². The summed E-state index contributed by atoms with van der Waals surface area (Å²) < 4.78 is 0. The third-order valence-corrected chi connectivity index (χ3v) is 2.85. The fourth-order valence-corrected chi connectivity index (χ4v) is 1.66. The van der Waals surface area contributed by atoms with E-state index in [0.29, 0.717) is 11.1 Å². The Balaban J connectivity index is 2.94. The maximum Gasteiger partial charge on any atom is 0.326 e. The maximum atomic E-state index is 12.0. The van der Waals surface area contributed by atoms with Crippen LogP contribution in [0.3, 0.4) is 0 Å². The number of rotatable bonds is 3. The van der Waals surface area contributed by atoms with Crippen molar-refractivity contribution in [3.8, 4) is 5.75 Å². The first-order chi connectivity index (χ1) is 8.62. The average Bonchev–Trinajstić information content (AvgIpc) is 2.27. The van der Waals surface area contributed by atoms with Gasteiger partial charge >= 0.3 is 5.97 Å². The van der Waals surface area contributed by atoms with Crippen LogP contribution in [0.5, 0.6) is 5.75 Å². The number of phenolic OH excluding ortho intramolecular Hbond substituents is 1. The summed E-state index contributed by atoms with van der Waals surface area (Å²) in [5, 5.41) is 21.0. The van der Waals surface area contributed by atoms with Crippen LogP contribution in [0.25, 0.3) is 0 Å². The number of nitrogens with one attached hydrogen (secondary N) is 1. The van der Waals surface area contributed by atoms with E-state index in [2.05, 4.69) is 5.32 Å². The molecule has 0 saturated carbocycles. The van der Waals surface area contributed by atoms with E-state index in [1.165, 1.54) is 18.2 Å². The van der Waals surface area contributed by atoms with Gasteiger partial charge in [0.25, 0.3) is 5.91 Å². The first-order valence-electron chi connectivity index (χ1n) is 5.96. The van der Waals surface area contributed by atoms with Crippen LogP contribution < -0.4 is 5.32 Å². The molecule has 5 nitrogen and oxygen atoms in total. The molecular formula is C14H19NO4. The van der Waals surface area contributed by atoms with Gasteiger partial charge in [-0.05, 0) is 36.1 Å². The van der Waals surface area contributed by atoms with Crippen LogP contribution in [0.2, 0.25) is 0 Å². The number of benzene rings is 1. The standard InChI is InChI=1S/C14H19NO4/c1-8-7-9(5-6-10(8)16)12(17)15-11(13(18)19)14(2,3)4/h5-7,11,16H,1-4H3,(H,15,17)(H,18,19)/t11-/m0/s1. The number of aliphatic carboxylic acids is 1. The van der Waals surface area contributed by atoms with Crippen LogP contribution in [0.15, 0.2) is 18.2 Å². The third-order valence-electron chi connectivity index (χ3n) is 2.85. The van der Waals surface area contributed by atoms with E-state index in [1.54, 1.807) is 27.7 Å². The van der Waals surface area contributed by atoms with Gasteiger partial charge in [-0.2, -0.15) is 0 Å². The summed E-state index contributed by atoms with van der Waals surface area (Å²) >= 11 is 0. The Hall–Kier alpha value is -2.04. The minimum Gasteiger partial charge on any atom is -0.508 e. The molecule has 0 heterocycles. The predicted molar refractivity (Wildman–Crippen MR) is 71.2 cm³/mol. The molecule has 0 aliphatic rings. The van der Waals surface area contributed by atoms with Crippen LogP contribution in [-0.4, -0.2) is 28.1 Å². The largest absolute Gasteiger partial charge is 0.508 e. The monoisotopic (exact) mass is 265 g/mol. The number of carbonyl (C=O) groups is 2. The van der Waals surface area contributed by atoms with Crippen molar-refractivity contribution < 1.29 is 19.8 Å². The Bertz CT molecular complexity index is 503. The van der Waals surface area contributed by atoms with Gasteiger partial charge in [0.15, 0.2) is 0 Å². The Labute approximate surface area is 112 Å². The lowest BCUT2D eigenvalue weighted by atomic mass is 9.86. The predicted octanol–water partition coefficient (Wildman–Crippen LogP) is 1.93. The summed E-state index contributed by atoms with van der Waals surface area (Å²) in [6.07, 6.45) is 0. The average molecular weight is 265 g/mol. The number of carbonyl (C=O) groups excluding carboxylic acids is 1. The van der Waals surface area contributed by atoms with Crippen molar-refractivity contribution in [1.82, 2.24) is 5.32 Å². The SMILES string of the molecule is Cc1cc(C(=O)N[C@@H](C(=O)O)C(C)(C)C)ccc1O. The molecule has 0 aliphatic heterocycles. The molecule has 0 spiro atoms. The second-order valence-corrected chi connectivity index (χ2v) is 5.61. The normalized spacial score (nSPS) is 12.8. The first kappa shape index (κ1) is 15.0. The molecule has 5 heteroatoms. The van der Waals surface area contributed by atoms with Crippen molar-refractivity contribution in [1.29, 1.82) is 0 Å². The molecule has 1 rings (SSSR count). The summed E-state index contributed by atoms with van der Waals surface area (Å²) in [5.74, 6) is -1.44. The number of hydrogen-bond donors (Lipinski definition) is 3. The lowest BCUT2D eigenvalue weighted by molar-refractivity contribution is -0.142. The van der Waals surface area contributed by atoms with Crippen molar-refractivity contribution in [3.63, 3.8) is 0 Å². The molecule has 19 heavy (non-hydrogen) atoms. The van der Waals surface area contributed by atoms with E-state index < -0.39 is 23.3 Å². The van der Waals surface area contributed by atoms with Gasteiger partial charge in [0.05, 0.1) is 0 Å². The molecular weight excluding hydrogens is 246 g/mol. The zero-order valence-corrected chi connectivity index (χ0v) is 11.5. The molecule has 0 unspecified atom stereocenters. The lowest BCUT2D eigenvalue weighted by Crippen LogP contribution is -2.49. The smallest absolute Gasteiger partial charge is 0.326 e. The second kappa shape index (κ2) is 5.30. The van der Waals surface area contributed by atoms with E-state index in [0.717, 1.165) is 0 Å². The molecule has 1 amide bonds. The van der Waals surface area contributed by atoms with Crippen molar-refractivity contribution in [2.75, 3.05) is 0 Å². The molecule has 3 N–H and O–H groups in total. The van der Waals surface area contributed by atoms with Crippen molar-refractivity contribution >= 4 is 11.9 Å². The van der Waals surface area contributed by atoms with E-state index in [-0.39, 0.29) is 5.75 Å². The summed E-state index contributed by atoms with van der Waals surface area (Å²) in [5.41, 5.74) is 0.300. The minimum atomic E-state index is -1.07. The molecule has 0 bridgehead atoms. The second-order valence-electron chi connectivity index (χ2n) is 5.61. The number of hydrogen-bond acceptors (Lipinski definition) is 3. The zero-order chi connectivity index (χ0) is 14.8. The van der Waals surface area contributed by atoms with Gasteiger partial charge in [0.1, 0.15) is 11.8 Å². The Morgan fingerprint density at radius 3 is 2.26 bits per heavy atom.